The van der Waals surface area contributed by atoms with Crippen LogP contribution in [-0.4, -0.2) is 59.6 Å². The van der Waals surface area contributed by atoms with E-state index in [9.17, 15) is 9.90 Å². The molecule has 17 heavy (non-hydrogen) atoms. The van der Waals surface area contributed by atoms with Crippen LogP contribution in [0, 0.1) is 11.3 Å². The lowest BCUT2D eigenvalue weighted by atomic mass is 10.1. The van der Waals surface area contributed by atoms with Gasteiger partial charge in [0.2, 0.25) is 5.91 Å². The van der Waals surface area contributed by atoms with E-state index < -0.39 is 0 Å². The first-order chi connectivity index (χ1) is 8.06. The van der Waals surface area contributed by atoms with Crippen LogP contribution in [0.5, 0.6) is 0 Å². The molecule has 1 unspecified atom stereocenters. The Morgan fingerprint density at radius 3 is 2.71 bits per heavy atom. The zero-order chi connectivity index (χ0) is 12.8. The summed E-state index contributed by atoms with van der Waals surface area (Å²) in [5, 5.41) is 17.9. The van der Waals surface area contributed by atoms with E-state index >= 15 is 0 Å². The average Bonchev–Trinajstić information content (AvgIpc) is 2.35. The van der Waals surface area contributed by atoms with Gasteiger partial charge in [-0.25, -0.2) is 0 Å². The Morgan fingerprint density at radius 1 is 1.59 bits per heavy atom. The number of nitriles is 1. The van der Waals surface area contributed by atoms with Gasteiger partial charge in [-0.3, -0.25) is 9.69 Å². The number of piperidine rings is 1. The summed E-state index contributed by atoms with van der Waals surface area (Å²) in [5.41, 5.74) is 0. The van der Waals surface area contributed by atoms with Crippen molar-refractivity contribution in [3.63, 3.8) is 0 Å². The summed E-state index contributed by atoms with van der Waals surface area (Å²) in [6.45, 7) is 3.90. The van der Waals surface area contributed by atoms with Gasteiger partial charge in [0, 0.05) is 26.7 Å². The Morgan fingerprint density at radius 2 is 2.18 bits per heavy atom. The van der Waals surface area contributed by atoms with Gasteiger partial charge in [-0.1, -0.05) is 0 Å². The van der Waals surface area contributed by atoms with Gasteiger partial charge in [-0.15, -0.1) is 0 Å². The largest absolute Gasteiger partial charge is 0.393 e. The topological polar surface area (TPSA) is 67.6 Å². The average molecular weight is 239 g/mol. The number of likely N-dealkylation sites (N-methyl/N-ethyl adjacent to an activating group) is 1. The van der Waals surface area contributed by atoms with Crippen LogP contribution in [0.2, 0.25) is 0 Å². The number of carbonyl (C=O) groups is 1. The molecule has 1 aliphatic heterocycles. The maximum atomic E-state index is 12.0. The second kappa shape index (κ2) is 6.58. The summed E-state index contributed by atoms with van der Waals surface area (Å²) in [6.07, 6.45) is 1.62. The minimum absolute atomic E-state index is 0.0524. The molecule has 0 spiro atoms. The number of amides is 1. The van der Waals surface area contributed by atoms with Gasteiger partial charge >= 0.3 is 0 Å². The van der Waals surface area contributed by atoms with Crippen molar-refractivity contribution in [1.82, 2.24) is 9.80 Å². The molecule has 1 N–H and O–H groups in total. The van der Waals surface area contributed by atoms with Gasteiger partial charge < -0.3 is 10.0 Å². The Hall–Kier alpha value is -1.12. The predicted molar refractivity (Wildman–Crippen MR) is 64.1 cm³/mol. The smallest absolute Gasteiger partial charge is 0.239 e. The number of nitrogens with zero attached hydrogens (tertiary/aromatic N) is 3. The van der Waals surface area contributed by atoms with Gasteiger partial charge in [-0.05, 0) is 19.8 Å². The summed E-state index contributed by atoms with van der Waals surface area (Å²) in [4.78, 5) is 15.7. The lowest BCUT2D eigenvalue weighted by molar-refractivity contribution is -0.135. The van der Waals surface area contributed by atoms with Crippen LogP contribution in [0.15, 0.2) is 0 Å². The number of aliphatic hydroxyl groups is 1. The standard InChI is InChI=1S/C12H21N3O2/c1-10(12(17)14(2)7-3-6-13)15-8-4-11(16)5-9-15/h10-11,16H,3-5,7-9H2,1-2H3. The molecule has 0 aromatic carbocycles. The zero-order valence-electron chi connectivity index (χ0n) is 10.6. The van der Waals surface area contributed by atoms with Crippen molar-refractivity contribution in [3.05, 3.63) is 0 Å². The van der Waals surface area contributed by atoms with Crippen molar-refractivity contribution in [2.24, 2.45) is 0 Å². The number of hydrogen-bond acceptors (Lipinski definition) is 4. The van der Waals surface area contributed by atoms with Crippen molar-refractivity contribution in [2.75, 3.05) is 26.7 Å². The number of likely N-dealkylation sites (tertiary alicyclic amines) is 1. The van der Waals surface area contributed by atoms with Gasteiger partial charge in [0.15, 0.2) is 0 Å². The van der Waals surface area contributed by atoms with Crippen molar-refractivity contribution in [1.29, 1.82) is 5.26 Å². The molecule has 5 nitrogen and oxygen atoms in total. The highest BCUT2D eigenvalue weighted by Crippen LogP contribution is 2.14. The molecule has 1 heterocycles. The van der Waals surface area contributed by atoms with E-state index in [0.29, 0.717) is 13.0 Å². The Labute approximate surface area is 103 Å². The molecule has 0 aromatic rings. The second-order valence-corrected chi connectivity index (χ2v) is 4.61. The summed E-state index contributed by atoms with van der Waals surface area (Å²) in [5.74, 6) is 0.0524. The molecule has 1 rings (SSSR count). The highest BCUT2D eigenvalue weighted by Gasteiger charge is 2.27. The summed E-state index contributed by atoms with van der Waals surface area (Å²) >= 11 is 0. The molecule has 1 amide bonds. The van der Waals surface area contributed by atoms with Crippen LogP contribution in [0.1, 0.15) is 26.2 Å². The Kier molecular flexibility index (Phi) is 5.39. The molecular formula is C12H21N3O2. The Bertz CT molecular complexity index is 293. The first-order valence-electron chi connectivity index (χ1n) is 6.10. The molecule has 1 atom stereocenters. The molecule has 1 aliphatic rings. The molecule has 0 radical (unpaired) electrons. The van der Waals surface area contributed by atoms with Crippen molar-refractivity contribution >= 4 is 5.91 Å². The molecule has 0 aromatic heterocycles. The van der Waals surface area contributed by atoms with Crippen molar-refractivity contribution in [3.8, 4) is 6.07 Å². The van der Waals surface area contributed by atoms with Crippen LogP contribution in [0.25, 0.3) is 0 Å². The maximum absolute atomic E-state index is 12.0. The fraction of sp³-hybridized carbons (Fsp3) is 0.833. The van der Waals surface area contributed by atoms with Crippen LogP contribution >= 0.6 is 0 Å². The normalized spacial score (nSPS) is 19.6. The fourth-order valence-electron chi connectivity index (χ4n) is 2.08. The molecule has 0 saturated carbocycles. The number of rotatable bonds is 4. The van der Waals surface area contributed by atoms with E-state index in [2.05, 4.69) is 4.90 Å². The van der Waals surface area contributed by atoms with E-state index in [1.807, 2.05) is 13.0 Å². The third-order valence-electron chi connectivity index (χ3n) is 3.34. The van der Waals surface area contributed by atoms with E-state index in [-0.39, 0.29) is 18.1 Å². The van der Waals surface area contributed by atoms with Crippen LogP contribution in [0.3, 0.4) is 0 Å². The lowest BCUT2D eigenvalue weighted by Crippen LogP contribution is -2.49. The summed E-state index contributed by atoms with van der Waals surface area (Å²) < 4.78 is 0. The monoisotopic (exact) mass is 239 g/mol. The van der Waals surface area contributed by atoms with E-state index in [4.69, 9.17) is 5.26 Å². The van der Waals surface area contributed by atoms with Gasteiger partial charge in [0.05, 0.1) is 24.6 Å². The number of aliphatic hydroxyl groups excluding tert-OH is 1. The highest BCUT2D eigenvalue weighted by atomic mass is 16.3. The van der Waals surface area contributed by atoms with Crippen LogP contribution in [0.4, 0.5) is 0 Å². The molecule has 1 fully saturated rings. The van der Waals surface area contributed by atoms with Gasteiger partial charge in [-0.2, -0.15) is 5.26 Å². The van der Waals surface area contributed by atoms with Crippen molar-refractivity contribution < 1.29 is 9.90 Å². The zero-order valence-corrected chi connectivity index (χ0v) is 10.6. The SMILES string of the molecule is CC(C(=O)N(C)CCC#N)N1CCC(O)CC1. The lowest BCUT2D eigenvalue weighted by Gasteiger charge is -2.35. The third-order valence-corrected chi connectivity index (χ3v) is 3.34. The van der Waals surface area contributed by atoms with Crippen LogP contribution in [-0.2, 0) is 4.79 Å². The Balaban J connectivity index is 2.43. The highest BCUT2D eigenvalue weighted by molar-refractivity contribution is 5.81. The molecule has 0 bridgehead atoms. The van der Waals surface area contributed by atoms with E-state index in [0.717, 1.165) is 25.9 Å². The minimum Gasteiger partial charge on any atom is -0.393 e. The van der Waals surface area contributed by atoms with Gasteiger partial charge in [0.25, 0.3) is 0 Å². The van der Waals surface area contributed by atoms with E-state index in [1.165, 1.54) is 0 Å². The molecular weight excluding hydrogens is 218 g/mol. The predicted octanol–water partition coefficient (Wildman–Crippen LogP) is 0.204. The summed E-state index contributed by atoms with van der Waals surface area (Å²) in [7, 11) is 1.73. The number of hydrogen-bond donors (Lipinski definition) is 1. The van der Waals surface area contributed by atoms with Gasteiger partial charge in [0.1, 0.15) is 0 Å². The third kappa shape index (κ3) is 3.99. The molecule has 5 heteroatoms. The maximum Gasteiger partial charge on any atom is 0.239 e. The van der Waals surface area contributed by atoms with E-state index in [1.54, 1.807) is 11.9 Å². The van der Waals surface area contributed by atoms with Crippen molar-refractivity contribution in [2.45, 2.75) is 38.3 Å². The fourth-order valence-corrected chi connectivity index (χ4v) is 2.08. The summed E-state index contributed by atoms with van der Waals surface area (Å²) in [6, 6.07) is 1.88. The quantitative estimate of drug-likeness (QED) is 0.761. The first-order valence-corrected chi connectivity index (χ1v) is 6.10. The molecule has 96 valence electrons. The first kappa shape index (κ1) is 13.9. The number of carbonyl (C=O) groups excluding carboxylic acids is 1. The molecule has 1 saturated heterocycles. The van der Waals surface area contributed by atoms with Crippen LogP contribution < -0.4 is 0 Å². The second-order valence-electron chi connectivity index (χ2n) is 4.61. The minimum atomic E-state index is -0.218. The molecule has 0 aliphatic carbocycles.